The van der Waals surface area contributed by atoms with Crippen molar-refractivity contribution in [1.82, 2.24) is 0 Å². The molecular formula is C13H21FN2O2S. The van der Waals surface area contributed by atoms with E-state index < -0.39 is 15.8 Å². The zero-order chi connectivity index (χ0) is 14.6. The second-order valence-corrected chi connectivity index (χ2v) is 6.99. The minimum absolute atomic E-state index is 0.0377. The van der Waals surface area contributed by atoms with Crippen molar-refractivity contribution in [3.8, 4) is 0 Å². The number of halogens is 1. The zero-order valence-corrected chi connectivity index (χ0v) is 12.5. The van der Waals surface area contributed by atoms with Gasteiger partial charge in [0.05, 0.1) is 11.9 Å². The first-order valence-corrected chi connectivity index (χ1v) is 8.10. The fraction of sp³-hybridized carbons (Fsp3) is 0.538. The number of nitrogens with one attached hydrogen (secondary N) is 2. The third kappa shape index (κ3) is 5.92. The Morgan fingerprint density at radius 3 is 2.42 bits per heavy atom. The SMILES string of the molecule is CC(C)CC(C)Nc1ccc(F)c(NS(C)(=O)=O)c1. The van der Waals surface area contributed by atoms with Crippen molar-refractivity contribution in [3.63, 3.8) is 0 Å². The second kappa shape index (κ2) is 6.23. The molecule has 1 aromatic rings. The van der Waals surface area contributed by atoms with E-state index in [1.807, 2.05) is 6.92 Å². The van der Waals surface area contributed by atoms with E-state index in [0.717, 1.165) is 12.7 Å². The summed E-state index contributed by atoms with van der Waals surface area (Å²) < 4.78 is 37.9. The van der Waals surface area contributed by atoms with E-state index in [1.54, 1.807) is 6.07 Å². The van der Waals surface area contributed by atoms with Crippen LogP contribution in [0.3, 0.4) is 0 Å². The molecule has 0 aliphatic rings. The number of hydrogen-bond acceptors (Lipinski definition) is 3. The minimum Gasteiger partial charge on any atom is -0.383 e. The lowest BCUT2D eigenvalue weighted by atomic mass is 10.1. The highest BCUT2D eigenvalue weighted by Gasteiger charge is 2.10. The summed E-state index contributed by atoms with van der Waals surface area (Å²) in [6, 6.07) is 4.54. The van der Waals surface area contributed by atoms with Crippen molar-refractivity contribution >= 4 is 21.4 Å². The Kier molecular flexibility index (Phi) is 5.17. The Balaban J connectivity index is 2.84. The first-order chi connectivity index (χ1) is 8.67. The summed E-state index contributed by atoms with van der Waals surface area (Å²) >= 11 is 0. The highest BCUT2D eigenvalue weighted by molar-refractivity contribution is 7.92. The molecule has 0 aromatic heterocycles. The van der Waals surface area contributed by atoms with Crippen LogP contribution in [0.5, 0.6) is 0 Å². The Bertz CT molecular complexity index is 529. The summed E-state index contributed by atoms with van der Waals surface area (Å²) in [6.45, 7) is 6.28. The molecule has 2 N–H and O–H groups in total. The van der Waals surface area contributed by atoms with Crippen LogP contribution in [-0.2, 0) is 10.0 Å². The molecule has 0 aliphatic heterocycles. The van der Waals surface area contributed by atoms with E-state index in [4.69, 9.17) is 0 Å². The van der Waals surface area contributed by atoms with Gasteiger partial charge in [-0.25, -0.2) is 12.8 Å². The molecule has 0 saturated carbocycles. The molecule has 0 saturated heterocycles. The van der Waals surface area contributed by atoms with Gasteiger partial charge in [0.15, 0.2) is 0 Å². The van der Waals surface area contributed by atoms with Gasteiger partial charge in [-0.15, -0.1) is 0 Å². The molecule has 0 bridgehead atoms. The molecule has 1 atom stereocenters. The Hall–Kier alpha value is -1.30. The lowest BCUT2D eigenvalue weighted by Crippen LogP contribution is -2.18. The highest BCUT2D eigenvalue weighted by atomic mass is 32.2. The van der Waals surface area contributed by atoms with Gasteiger partial charge in [-0.3, -0.25) is 4.72 Å². The van der Waals surface area contributed by atoms with Crippen molar-refractivity contribution < 1.29 is 12.8 Å². The average molecular weight is 288 g/mol. The lowest BCUT2D eigenvalue weighted by Gasteiger charge is -2.18. The summed E-state index contributed by atoms with van der Waals surface area (Å²) in [5.41, 5.74) is 0.657. The number of anilines is 2. The summed E-state index contributed by atoms with van der Waals surface area (Å²) in [7, 11) is -3.48. The van der Waals surface area contributed by atoms with Crippen molar-refractivity contribution in [1.29, 1.82) is 0 Å². The number of hydrogen-bond donors (Lipinski definition) is 2. The van der Waals surface area contributed by atoms with Crippen molar-refractivity contribution in [2.75, 3.05) is 16.3 Å². The van der Waals surface area contributed by atoms with Crippen molar-refractivity contribution in [3.05, 3.63) is 24.0 Å². The molecular weight excluding hydrogens is 267 g/mol. The smallest absolute Gasteiger partial charge is 0.229 e. The number of rotatable bonds is 6. The molecule has 108 valence electrons. The first kappa shape index (κ1) is 15.8. The zero-order valence-electron chi connectivity index (χ0n) is 11.7. The van der Waals surface area contributed by atoms with E-state index >= 15 is 0 Å². The molecule has 6 heteroatoms. The van der Waals surface area contributed by atoms with Gasteiger partial charge in [0, 0.05) is 11.7 Å². The predicted molar refractivity (Wildman–Crippen MR) is 77.4 cm³/mol. The van der Waals surface area contributed by atoms with Crippen molar-refractivity contribution in [2.24, 2.45) is 5.92 Å². The van der Waals surface area contributed by atoms with Crippen molar-refractivity contribution in [2.45, 2.75) is 33.2 Å². The fourth-order valence-electron chi connectivity index (χ4n) is 1.94. The molecule has 0 aliphatic carbocycles. The Morgan fingerprint density at radius 1 is 1.26 bits per heavy atom. The molecule has 0 amide bonds. The maximum atomic E-state index is 13.5. The fourth-order valence-corrected chi connectivity index (χ4v) is 2.50. The molecule has 0 spiro atoms. The highest BCUT2D eigenvalue weighted by Crippen LogP contribution is 2.22. The number of sulfonamides is 1. The lowest BCUT2D eigenvalue weighted by molar-refractivity contribution is 0.539. The van der Waals surface area contributed by atoms with E-state index in [1.165, 1.54) is 12.1 Å². The van der Waals surface area contributed by atoms with Crippen LogP contribution in [0.4, 0.5) is 15.8 Å². The standard InChI is InChI=1S/C13H21FN2O2S/c1-9(2)7-10(3)15-11-5-6-12(14)13(8-11)16-19(4,17)18/h5-6,8-10,15-16H,7H2,1-4H3. The molecule has 19 heavy (non-hydrogen) atoms. The molecule has 0 fully saturated rings. The van der Waals surface area contributed by atoms with Crippen LogP contribution >= 0.6 is 0 Å². The third-order valence-electron chi connectivity index (χ3n) is 2.50. The van der Waals surface area contributed by atoms with Gasteiger partial charge >= 0.3 is 0 Å². The minimum atomic E-state index is -3.48. The van der Waals surface area contributed by atoms with E-state index in [0.29, 0.717) is 11.6 Å². The Morgan fingerprint density at radius 2 is 1.89 bits per heavy atom. The largest absolute Gasteiger partial charge is 0.383 e. The average Bonchev–Trinajstić information content (AvgIpc) is 2.19. The molecule has 0 radical (unpaired) electrons. The summed E-state index contributed by atoms with van der Waals surface area (Å²) in [6.07, 6.45) is 1.97. The van der Waals surface area contributed by atoms with Gasteiger partial charge < -0.3 is 5.32 Å². The monoisotopic (exact) mass is 288 g/mol. The van der Waals surface area contributed by atoms with Gasteiger partial charge in [-0.1, -0.05) is 13.8 Å². The first-order valence-electron chi connectivity index (χ1n) is 6.21. The molecule has 1 aromatic carbocycles. The van der Waals surface area contributed by atoms with Crippen LogP contribution < -0.4 is 10.0 Å². The maximum absolute atomic E-state index is 13.5. The molecule has 4 nitrogen and oxygen atoms in total. The molecule has 1 unspecified atom stereocenters. The van der Waals surface area contributed by atoms with Crippen LogP contribution in [0.1, 0.15) is 27.2 Å². The van der Waals surface area contributed by atoms with Crippen LogP contribution in [0, 0.1) is 11.7 Å². The van der Waals surface area contributed by atoms with E-state index in [-0.39, 0.29) is 11.7 Å². The summed E-state index contributed by atoms with van der Waals surface area (Å²) in [5.74, 6) is -0.0379. The van der Waals surface area contributed by atoms with Crippen LogP contribution in [0.15, 0.2) is 18.2 Å². The Labute approximate surface area is 114 Å². The maximum Gasteiger partial charge on any atom is 0.229 e. The van der Waals surface area contributed by atoms with Gasteiger partial charge in [0.2, 0.25) is 10.0 Å². The van der Waals surface area contributed by atoms with Crippen LogP contribution in [0.2, 0.25) is 0 Å². The molecule has 1 rings (SSSR count). The third-order valence-corrected chi connectivity index (χ3v) is 3.09. The van der Waals surface area contributed by atoms with Gasteiger partial charge in [-0.05, 0) is 37.5 Å². The molecule has 0 heterocycles. The predicted octanol–water partition coefficient (Wildman–Crippen LogP) is 3.04. The van der Waals surface area contributed by atoms with Gasteiger partial charge in [0.1, 0.15) is 5.82 Å². The summed E-state index contributed by atoms with van der Waals surface area (Å²) in [4.78, 5) is 0. The second-order valence-electron chi connectivity index (χ2n) is 5.24. The van der Waals surface area contributed by atoms with Crippen LogP contribution in [-0.4, -0.2) is 20.7 Å². The topological polar surface area (TPSA) is 58.2 Å². The quantitative estimate of drug-likeness (QED) is 0.846. The van der Waals surface area contributed by atoms with E-state index in [9.17, 15) is 12.8 Å². The normalized spacial score (nSPS) is 13.4. The van der Waals surface area contributed by atoms with Gasteiger partial charge in [-0.2, -0.15) is 0 Å². The summed E-state index contributed by atoms with van der Waals surface area (Å²) in [5, 5.41) is 3.23. The van der Waals surface area contributed by atoms with Crippen LogP contribution in [0.25, 0.3) is 0 Å². The van der Waals surface area contributed by atoms with Gasteiger partial charge in [0.25, 0.3) is 0 Å². The van der Waals surface area contributed by atoms with E-state index in [2.05, 4.69) is 23.9 Å². The number of benzene rings is 1.